The van der Waals surface area contributed by atoms with Crippen molar-refractivity contribution in [3.8, 4) is 0 Å². The minimum atomic E-state index is -1.21. The van der Waals surface area contributed by atoms with E-state index >= 15 is 0 Å². The van der Waals surface area contributed by atoms with Crippen molar-refractivity contribution in [2.24, 2.45) is 23.7 Å². The second kappa shape index (κ2) is 15.6. The number of esters is 3. The Labute approximate surface area is 336 Å². The number of carbonyl (C=O) groups is 3. The largest absolute Gasteiger partial charge is 0.463 e. The summed E-state index contributed by atoms with van der Waals surface area (Å²) < 4.78 is 24.4. The Morgan fingerprint density at radius 3 is 1.38 bits per heavy atom. The fraction of sp³-hybridized carbons (Fsp3) is 0.929. The van der Waals surface area contributed by atoms with Crippen LogP contribution < -0.4 is 10.6 Å². The first kappa shape index (κ1) is 46.8. The molecule has 0 radical (unpaired) electrons. The van der Waals surface area contributed by atoms with Crippen molar-refractivity contribution < 1.29 is 48.9 Å². The number of hydrogen-bond acceptors (Lipinski definition) is 14. The number of hydroxylamine groups is 4. The first-order valence-electron chi connectivity index (χ1n) is 20.6. The average Bonchev–Trinajstić information content (AvgIpc) is 3.55. The fourth-order valence-corrected chi connectivity index (χ4v) is 10.5. The molecule has 7 unspecified atom stereocenters. The van der Waals surface area contributed by atoms with Gasteiger partial charge in [-0.15, -0.1) is 0 Å². The molecule has 0 saturated carbocycles. The standard InChI is InChI=1S/C42H76N4O10/c1-35(2)19-27(39(9,10)43-35)33(49)55-25(23-53-31(47)29-21-37(5,6)45(51)41(29,13)14)17-18-26(56-34(50)28-20-36(3,4)44-40(28,11)12)24-54-32(48)30-22-38(7,8)46(52)42(30,15)16/h25-30,33,43-44,49,51-52H,17-24H2,1-16H3. The SMILES string of the molecule is CC1(C)CC(C(=O)OC(CCC(COC(=O)C2CC(C)(C)N(O)C2(C)C)OC(O)C2CC(C)(C)NC2(C)C)COC(=O)C2CC(C)(C)N(O)C2(C)C)C(C)(C)N1. The van der Waals surface area contributed by atoms with E-state index in [1.54, 1.807) is 27.7 Å². The Kier molecular flexibility index (Phi) is 13.0. The van der Waals surface area contributed by atoms with Gasteiger partial charge in [0.05, 0.1) is 34.9 Å². The molecule has 7 atom stereocenters. The lowest BCUT2D eigenvalue weighted by atomic mass is 9.86. The Bertz CT molecular complexity index is 1460. The van der Waals surface area contributed by atoms with E-state index in [4.69, 9.17) is 18.9 Å². The van der Waals surface area contributed by atoms with Crippen molar-refractivity contribution in [3.05, 3.63) is 0 Å². The molecular formula is C42H76N4O10. The molecule has 0 spiro atoms. The molecule has 14 heteroatoms. The third kappa shape index (κ3) is 9.92. The van der Waals surface area contributed by atoms with Gasteiger partial charge in [0.2, 0.25) is 0 Å². The first-order chi connectivity index (χ1) is 25.2. The Hall–Kier alpha value is -1.91. The molecule has 4 fully saturated rings. The van der Waals surface area contributed by atoms with Crippen molar-refractivity contribution in [3.63, 3.8) is 0 Å². The normalized spacial score (nSPS) is 32.4. The Morgan fingerprint density at radius 2 is 1.00 bits per heavy atom. The zero-order valence-electron chi connectivity index (χ0n) is 37.3. The van der Waals surface area contributed by atoms with Crippen molar-refractivity contribution in [2.45, 2.75) is 212 Å². The van der Waals surface area contributed by atoms with Crippen molar-refractivity contribution in [1.82, 2.24) is 20.8 Å². The van der Waals surface area contributed by atoms with E-state index in [1.807, 2.05) is 69.2 Å². The summed E-state index contributed by atoms with van der Waals surface area (Å²) in [4.78, 5) is 41.2. The van der Waals surface area contributed by atoms with Gasteiger partial charge in [0.1, 0.15) is 19.3 Å². The van der Waals surface area contributed by atoms with Crippen LogP contribution in [0.4, 0.5) is 0 Å². The predicted octanol–water partition coefficient (Wildman–Crippen LogP) is 5.34. The van der Waals surface area contributed by atoms with Crippen LogP contribution in [0.25, 0.3) is 0 Å². The summed E-state index contributed by atoms with van der Waals surface area (Å²) in [5.41, 5.74) is -4.58. The van der Waals surface area contributed by atoms with Gasteiger partial charge in [0.25, 0.3) is 0 Å². The van der Waals surface area contributed by atoms with Gasteiger partial charge in [-0.25, -0.2) is 0 Å². The first-order valence-corrected chi connectivity index (χ1v) is 20.6. The van der Waals surface area contributed by atoms with Crippen LogP contribution in [0.1, 0.15) is 149 Å². The molecule has 0 aromatic carbocycles. The van der Waals surface area contributed by atoms with Gasteiger partial charge in [0.15, 0.2) is 6.29 Å². The number of aliphatic hydroxyl groups excluding tert-OH is 1. The molecule has 324 valence electrons. The highest BCUT2D eigenvalue weighted by molar-refractivity contribution is 5.76. The number of carbonyl (C=O) groups excluding carboxylic acids is 3. The van der Waals surface area contributed by atoms with Gasteiger partial charge in [-0.1, -0.05) is 0 Å². The maximum Gasteiger partial charge on any atom is 0.311 e. The quantitative estimate of drug-likeness (QED) is 0.0865. The van der Waals surface area contributed by atoms with Crippen molar-refractivity contribution >= 4 is 17.9 Å². The lowest BCUT2D eigenvalue weighted by Crippen LogP contribution is -2.49. The topological polar surface area (TPSA) is 179 Å². The number of rotatable bonds is 14. The number of aliphatic hydroxyl groups is 1. The van der Waals surface area contributed by atoms with E-state index < -0.39 is 87.4 Å². The monoisotopic (exact) mass is 797 g/mol. The highest BCUT2D eigenvalue weighted by Gasteiger charge is 2.57. The van der Waals surface area contributed by atoms with Crippen LogP contribution in [0.5, 0.6) is 0 Å². The van der Waals surface area contributed by atoms with Crippen LogP contribution in [0, 0.1) is 23.7 Å². The highest BCUT2D eigenvalue weighted by Crippen LogP contribution is 2.46. The second-order valence-electron chi connectivity index (χ2n) is 22.1. The van der Waals surface area contributed by atoms with E-state index in [0.717, 1.165) is 0 Å². The van der Waals surface area contributed by atoms with E-state index in [1.165, 1.54) is 10.1 Å². The Balaban J connectivity index is 1.56. The number of ether oxygens (including phenoxy) is 4. The minimum Gasteiger partial charge on any atom is -0.463 e. The van der Waals surface area contributed by atoms with E-state index in [-0.39, 0.29) is 43.1 Å². The predicted molar refractivity (Wildman–Crippen MR) is 210 cm³/mol. The molecule has 4 aliphatic rings. The van der Waals surface area contributed by atoms with E-state index in [9.17, 15) is 29.9 Å². The van der Waals surface area contributed by atoms with Gasteiger partial charge >= 0.3 is 17.9 Å². The van der Waals surface area contributed by atoms with Gasteiger partial charge in [-0.3, -0.25) is 14.4 Å². The smallest absolute Gasteiger partial charge is 0.311 e. The van der Waals surface area contributed by atoms with Gasteiger partial charge < -0.3 is 45.1 Å². The zero-order chi connectivity index (χ0) is 42.8. The molecule has 0 aliphatic carbocycles. The van der Waals surface area contributed by atoms with Crippen LogP contribution in [-0.4, -0.2) is 120 Å². The van der Waals surface area contributed by atoms with Gasteiger partial charge in [0, 0.05) is 39.2 Å². The van der Waals surface area contributed by atoms with Gasteiger partial charge in [-0.2, -0.15) is 10.1 Å². The summed E-state index contributed by atoms with van der Waals surface area (Å²) in [5.74, 6) is -3.39. The van der Waals surface area contributed by atoms with Crippen LogP contribution in [0.15, 0.2) is 0 Å². The number of nitrogens with zero attached hydrogens (tertiary/aromatic N) is 2. The molecule has 14 nitrogen and oxygen atoms in total. The summed E-state index contributed by atoms with van der Waals surface area (Å²) in [6.45, 7) is 30.5. The lowest BCUT2D eigenvalue weighted by Gasteiger charge is -2.35. The molecule has 4 aliphatic heterocycles. The summed E-state index contributed by atoms with van der Waals surface area (Å²) in [5, 5.41) is 42.8. The van der Waals surface area contributed by atoms with E-state index in [0.29, 0.717) is 25.7 Å². The number of hydrogen-bond donors (Lipinski definition) is 5. The van der Waals surface area contributed by atoms with Crippen molar-refractivity contribution in [2.75, 3.05) is 13.2 Å². The molecule has 4 rings (SSSR count). The highest BCUT2D eigenvalue weighted by atomic mass is 16.6. The Morgan fingerprint density at radius 1 is 0.589 bits per heavy atom. The maximum atomic E-state index is 13.9. The molecule has 0 aromatic rings. The lowest BCUT2D eigenvalue weighted by molar-refractivity contribution is -0.205. The molecule has 0 bridgehead atoms. The molecule has 56 heavy (non-hydrogen) atoms. The summed E-state index contributed by atoms with van der Waals surface area (Å²) >= 11 is 0. The molecule has 0 amide bonds. The third-order valence-corrected chi connectivity index (χ3v) is 13.4. The molecule has 4 heterocycles. The molecule has 0 aromatic heterocycles. The van der Waals surface area contributed by atoms with Crippen LogP contribution in [-0.2, 0) is 33.3 Å². The molecule has 4 saturated heterocycles. The maximum absolute atomic E-state index is 13.9. The molecular weight excluding hydrogens is 720 g/mol. The van der Waals surface area contributed by atoms with Crippen LogP contribution >= 0.6 is 0 Å². The van der Waals surface area contributed by atoms with Crippen molar-refractivity contribution in [1.29, 1.82) is 0 Å². The third-order valence-electron chi connectivity index (χ3n) is 13.4. The second-order valence-corrected chi connectivity index (χ2v) is 22.1. The van der Waals surface area contributed by atoms with Gasteiger partial charge in [-0.05, 0) is 149 Å². The average molecular weight is 797 g/mol. The van der Waals surface area contributed by atoms with Crippen LogP contribution in [0.2, 0.25) is 0 Å². The van der Waals surface area contributed by atoms with Crippen LogP contribution in [0.3, 0.4) is 0 Å². The summed E-state index contributed by atoms with van der Waals surface area (Å²) in [6.07, 6.45) is -0.576. The summed E-state index contributed by atoms with van der Waals surface area (Å²) in [6, 6.07) is 0. The number of nitrogens with one attached hydrogen (secondary N) is 2. The fourth-order valence-electron chi connectivity index (χ4n) is 10.5. The zero-order valence-corrected chi connectivity index (χ0v) is 37.3. The summed E-state index contributed by atoms with van der Waals surface area (Å²) in [7, 11) is 0. The minimum absolute atomic E-state index is 0.174. The van der Waals surface area contributed by atoms with E-state index in [2.05, 4.69) is 24.5 Å². The molecule has 5 N–H and O–H groups in total.